The second kappa shape index (κ2) is 4.63. The average molecular weight is 234 g/mol. The summed E-state index contributed by atoms with van der Waals surface area (Å²) in [6.07, 6.45) is 6.30. The Hall–Kier alpha value is -2.12. The normalized spacial score (nSPS) is 17.7. The van der Waals surface area contributed by atoms with Crippen molar-refractivity contribution >= 4 is 23.8 Å². The highest BCUT2D eigenvalue weighted by molar-refractivity contribution is 5.92. The second-order valence-electron chi connectivity index (χ2n) is 4.38. The zero-order valence-corrected chi connectivity index (χ0v) is 10.0. The number of hydrogen-bond acceptors (Lipinski definition) is 1. The molecule has 2 aromatic carbocycles. The molecule has 0 heterocycles. The lowest BCUT2D eigenvalue weighted by molar-refractivity contribution is 0.350. The molecule has 0 spiro atoms. The van der Waals surface area contributed by atoms with Crippen LogP contribution in [0.15, 0.2) is 48.5 Å². The number of benzene rings is 2. The van der Waals surface area contributed by atoms with E-state index in [2.05, 4.69) is 42.5 Å². The maximum atomic E-state index is 9.59. The van der Waals surface area contributed by atoms with E-state index in [-0.39, 0.29) is 6.61 Å². The summed E-state index contributed by atoms with van der Waals surface area (Å²) >= 11 is 0. The minimum atomic E-state index is 0.0547. The van der Waals surface area contributed by atoms with Gasteiger partial charge in [-0.1, -0.05) is 60.7 Å². The van der Waals surface area contributed by atoms with E-state index in [0.29, 0.717) is 0 Å². The molecule has 2 aromatic rings. The fraction of sp³-hybridized carbons (Fsp3) is 0.0588. The van der Waals surface area contributed by atoms with Crippen molar-refractivity contribution in [2.45, 2.75) is 0 Å². The number of rotatable bonds is 1. The molecule has 1 N–H and O–H groups in total. The van der Waals surface area contributed by atoms with E-state index >= 15 is 0 Å². The molecule has 18 heavy (non-hydrogen) atoms. The summed E-state index contributed by atoms with van der Waals surface area (Å²) in [5.74, 6) is 0. The van der Waals surface area contributed by atoms with Crippen LogP contribution in [0.2, 0.25) is 0 Å². The maximum Gasteiger partial charge on any atom is 0.0688 e. The zero-order chi connectivity index (χ0) is 12.4. The van der Waals surface area contributed by atoms with Crippen LogP contribution in [-0.4, -0.2) is 11.7 Å². The number of hydrogen-bond donors (Lipinski definition) is 1. The van der Waals surface area contributed by atoms with Gasteiger partial charge in [0, 0.05) is 0 Å². The Morgan fingerprint density at radius 1 is 0.722 bits per heavy atom. The van der Waals surface area contributed by atoms with E-state index in [9.17, 15) is 5.11 Å². The SMILES string of the molecule is OC/C1=C/c2ccccc2/C=C\c2ccccc21. The van der Waals surface area contributed by atoms with Gasteiger partial charge in [0.1, 0.15) is 0 Å². The molecule has 1 aliphatic carbocycles. The van der Waals surface area contributed by atoms with Crippen molar-refractivity contribution in [2.75, 3.05) is 6.61 Å². The highest BCUT2D eigenvalue weighted by Crippen LogP contribution is 2.27. The minimum absolute atomic E-state index is 0.0547. The molecule has 0 saturated carbocycles. The molecule has 0 saturated heterocycles. The van der Waals surface area contributed by atoms with Crippen LogP contribution in [-0.2, 0) is 0 Å². The molecule has 1 aliphatic rings. The Bertz CT molecular complexity index is 636. The lowest BCUT2D eigenvalue weighted by atomic mass is 9.93. The zero-order valence-electron chi connectivity index (χ0n) is 10.0. The smallest absolute Gasteiger partial charge is 0.0688 e. The number of fused-ring (bicyclic) bond motifs is 2. The van der Waals surface area contributed by atoms with Crippen LogP contribution >= 0.6 is 0 Å². The summed E-state index contributed by atoms with van der Waals surface area (Å²) in [7, 11) is 0. The van der Waals surface area contributed by atoms with E-state index in [4.69, 9.17) is 0 Å². The third-order valence-corrected chi connectivity index (χ3v) is 3.25. The van der Waals surface area contributed by atoms with Crippen molar-refractivity contribution in [3.05, 3.63) is 70.8 Å². The van der Waals surface area contributed by atoms with Gasteiger partial charge in [0.2, 0.25) is 0 Å². The lowest BCUT2D eigenvalue weighted by Gasteiger charge is -2.13. The van der Waals surface area contributed by atoms with Crippen LogP contribution in [0, 0.1) is 0 Å². The van der Waals surface area contributed by atoms with Crippen molar-refractivity contribution < 1.29 is 5.11 Å². The molecule has 3 rings (SSSR count). The van der Waals surface area contributed by atoms with Gasteiger partial charge in [-0.05, 0) is 33.9 Å². The molecular formula is C17H14O. The fourth-order valence-corrected chi connectivity index (χ4v) is 2.30. The van der Waals surface area contributed by atoms with E-state index in [1.54, 1.807) is 0 Å². The van der Waals surface area contributed by atoms with Crippen molar-refractivity contribution in [1.29, 1.82) is 0 Å². The Labute approximate surface area is 107 Å². The molecule has 0 aromatic heterocycles. The summed E-state index contributed by atoms with van der Waals surface area (Å²) in [5, 5.41) is 9.59. The van der Waals surface area contributed by atoms with Gasteiger partial charge in [0.15, 0.2) is 0 Å². The van der Waals surface area contributed by atoms with Crippen LogP contribution < -0.4 is 0 Å². The molecule has 1 heteroatoms. The molecule has 0 aliphatic heterocycles. The Kier molecular flexibility index (Phi) is 2.83. The fourth-order valence-electron chi connectivity index (χ4n) is 2.30. The number of aliphatic hydroxyl groups excluding tert-OH is 1. The van der Waals surface area contributed by atoms with Crippen LogP contribution in [0.1, 0.15) is 22.3 Å². The average Bonchev–Trinajstić information content (AvgIpc) is 2.41. The van der Waals surface area contributed by atoms with Crippen molar-refractivity contribution in [2.24, 2.45) is 0 Å². The third kappa shape index (κ3) is 1.89. The molecule has 1 nitrogen and oxygen atoms in total. The Morgan fingerprint density at radius 3 is 2.11 bits per heavy atom. The summed E-state index contributed by atoms with van der Waals surface area (Å²) in [4.78, 5) is 0. The first-order valence-electron chi connectivity index (χ1n) is 6.06. The highest BCUT2D eigenvalue weighted by atomic mass is 16.3. The molecule has 0 bridgehead atoms. The van der Waals surface area contributed by atoms with Crippen LogP contribution in [0.3, 0.4) is 0 Å². The minimum Gasteiger partial charge on any atom is -0.392 e. The largest absolute Gasteiger partial charge is 0.392 e. The first-order valence-corrected chi connectivity index (χ1v) is 6.06. The molecule has 0 fully saturated rings. The highest BCUT2D eigenvalue weighted by Gasteiger charge is 2.08. The molecule has 0 unspecified atom stereocenters. The third-order valence-electron chi connectivity index (χ3n) is 3.25. The maximum absolute atomic E-state index is 9.59. The number of aliphatic hydroxyl groups is 1. The quantitative estimate of drug-likeness (QED) is 0.797. The lowest BCUT2D eigenvalue weighted by Crippen LogP contribution is -1.96. The first-order chi connectivity index (χ1) is 8.88. The van der Waals surface area contributed by atoms with Gasteiger partial charge in [-0.15, -0.1) is 0 Å². The van der Waals surface area contributed by atoms with Crippen molar-refractivity contribution in [1.82, 2.24) is 0 Å². The predicted molar refractivity (Wildman–Crippen MR) is 76.8 cm³/mol. The van der Waals surface area contributed by atoms with Crippen LogP contribution in [0.25, 0.3) is 23.8 Å². The summed E-state index contributed by atoms with van der Waals surface area (Å²) in [6.45, 7) is 0.0547. The summed E-state index contributed by atoms with van der Waals surface area (Å²) in [6, 6.07) is 16.4. The molecule has 0 atom stereocenters. The monoisotopic (exact) mass is 234 g/mol. The first kappa shape index (κ1) is 11.0. The molecule has 0 radical (unpaired) electrons. The van der Waals surface area contributed by atoms with E-state index < -0.39 is 0 Å². The predicted octanol–water partition coefficient (Wildman–Crippen LogP) is 3.70. The second-order valence-corrected chi connectivity index (χ2v) is 4.38. The van der Waals surface area contributed by atoms with Crippen LogP contribution in [0.5, 0.6) is 0 Å². The van der Waals surface area contributed by atoms with E-state index in [1.165, 1.54) is 5.56 Å². The van der Waals surface area contributed by atoms with Gasteiger partial charge < -0.3 is 5.11 Å². The van der Waals surface area contributed by atoms with E-state index in [1.807, 2.05) is 24.3 Å². The van der Waals surface area contributed by atoms with E-state index in [0.717, 1.165) is 22.3 Å². The molecule has 0 amide bonds. The van der Waals surface area contributed by atoms with Gasteiger partial charge in [-0.2, -0.15) is 0 Å². The summed E-state index contributed by atoms with van der Waals surface area (Å²) < 4.78 is 0. The van der Waals surface area contributed by atoms with Crippen molar-refractivity contribution in [3.63, 3.8) is 0 Å². The standard InChI is InChI=1S/C17H14O/c18-12-16-11-15-7-2-1-5-13(15)9-10-14-6-3-4-8-17(14)16/h1-11,18H,12H2/b10-9-,13-9?,14-10?,15-11?,16-11-,17-16?. The molecule has 88 valence electrons. The van der Waals surface area contributed by atoms with Gasteiger partial charge >= 0.3 is 0 Å². The Balaban J connectivity index is 2.25. The topological polar surface area (TPSA) is 20.2 Å². The molecular weight excluding hydrogens is 220 g/mol. The van der Waals surface area contributed by atoms with Gasteiger partial charge in [-0.25, -0.2) is 0 Å². The van der Waals surface area contributed by atoms with Crippen LogP contribution in [0.4, 0.5) is 0 Å². The summed E-state index contributed by atoms with van der Waals surface area (Å²) in [5.41, 5.74) is 5.53. The van der Waals surface area contributed by atoms with Gasteiger partial charge in [-0.3, -0.25) is 0 Å². The van der Waals surface area contributed by atoms with Gasteiger partial charge in [0.25, 0.3) is 0 Å². The van der Waals surface area contributed by atoms with Gasteiger partial charge in [0.05, 0.1) is 6.61 Å². The van der Waals surface area contributed by atoms with Crippen molar-refractivity contribution in [3.8, 4) is 0 Å². The Morgan fingerprint density at radius 2 is 1.33 bits per heavy atom.